The van der Waals surface area contributed by atoms with Crippen molar-refractivity contribution in [1.82, 2.24) is 14.9 Å². The van der Waals surface area contributed by atoms with Gasteiger partial charge in [0.1, 0.15) is 10.7 Å². The second-order valence-corrected chi connectivity index (χ2v) is 10.6. The molecule has 1 aliphatic carbocycles. The Morgan fingerprint density at radius 1 is 1.21 bits per heavy atom. The zero-order chi connectivity index (χ0) is 19.3. The Kier molecular flexibility index (Phi) is 4.63. The van der Waals surface area contributed by atoms with Gasteiger partial charge in [-0.05, 0) is 67.6 Å². The average Bonchev–Trinajstić information content (AvgIpc) is 3.28. The largest absolute Gasteiger partial charge is 0.293 e. The summed E-state index contributed by atoms with van der Waals surface area (Å²) >= 11 is 1.91. The number of aliphatic imine (C=N–C) groups is 1. The predicted octanol–water partition coefficient (Wildman–Crippen LogP) is 5.27. The Morgan fingerprint density at radius 2 is 2.04 bits per heavy atom. The number of thiophene rings is 1. The first-order valence-corrected chi connectivity index (χ1v) is 11.5. The van der Waals surface area contributed by atoms with Gasteiger partial charge in [-0.1, -0.05) is 13.8 Å². The smallest absolute Gasteiger partial charge is 0.127 e. The highest BCUT2D eigenvalue weighted by atomic mass is 32.1. The number of aromatic nitrogens is 2. The molecule has 148 valence electrons. The van der Waals surface area contributed by atoms with Gasteiger partial charge in [-0.3, -0.25) is 9.89 Å². The normalized spacial score (nSPS) is 23.0. The van der Waals surface area contributed by atoms with Crippen molar-refractivity contribution in [2.75, 3.05) is 19.6 Å². The Hall–Kier alpha value is -1.59. The third kappa shape index (κ3) is 3.55. The van der Waals surface area contributed by atoms with Gasteiger partial charge in [0.15, 0.2) is 0 Å². The maximum atomic E-state index is 4.87. The van der Waals surface area contributed by atoms with Crippen molar-refractivity contribution in [2.45, 2.75) is 65.3 Å². The van der Waals surface area contributed by atoms with Crippen LogP contribution in [0.1, 0.15) is 68.3 Å². The van der Waals surface area contributed by atoms with E-state index in [1.807, 2.05) is 18.3 Å². The lowest BCUT2D eigenvalue weighted by molar-refractivity contribution is 0.226. The van der Waals surface area contributed by atoms with Crippen LogP contribution in [0.5, 0.6) is 0 Å². The number of hydrogen-bond donors (Lipinski definition) is 0. The van der Waals surface area contributed by atoms with Gasteiger partial charge in [0.2, 0.25) is 0 Å². The minimum absolute atomic E-state index is 0.514. The highest BCUT2D eigenvalue weighted by Gasteiger charge is 2.29. The summed E-state index contributed by atoms with van der Waals surface area (Å²) in [4.78, 5) is 19.4. The average molecular weight is 395 g/mol. The summed E-state index contributed by atoms with van der Waals surface area (Å²) in [5.41, 5.74) is 4.70. The molecule has 0 unspecified atom stereocenters. The van der Waals surface area contributed by atoms with Gasteiger partial charge < -0.3 is 0 Å². The quantitative estimate of drug-likeness (QED) is 0.712. The number of hydrogen-bond acceptors (Lipinski definition) is 5. The molecule has 5 heteroatoms. The molecule has 5 rings (SSSR count). The van der Waals surface area contributed by atoms with Gasteiger partial charge in [0, 0.05) is 36.1 Å². The molecule has 2 aromatic heterocycles. The van der Waals surface area contributed by atoms with Crippen molar-refractivity contribution in [2.24, 2.45) is 10.4 Å². The molecule has 2 aromatic rings. The molecule has 0 spiro atoms. The van der Waals surface area contributed by atoms with Crippen molar-refractivity contribution in [3.05, 3.63) is 33.6 Å². The molecule has 0 radical (unpaired) electrons. The zero-order valence-electron chi connectivity index (χ0n) is 17.3. The van der Waals surface area contributed by atoms with Gasteiger partial charge in [-0.25, -0.2) is 9.97 Å². The lowest BCUT2D eigenvalue weighted by Gasteiger charge is -2.33. The topological polar surface area (TPSA) is 41.4 Å². The van der Waals surface area contributed by atoms with Crippen LogP contribution in [0.25, 0.3) is 10.2 Å². The van der Waals surface area contributed by atoms with Crippen LogP contribution in [0, 0.1) is 12.3 Å². The molecular weight excluding hydrogens is 364 g/mol. The monoisotopic (exact) mass is 394 g/mol. The molecule has 0 aromatic carbocycles. The van der Waals surface area contributed by atoms with Crippen LogP contribution in [-0.2, 0) is 6.54 Å². The van der Waals surface area contributed by atoms with Gasteiger partial charge in [-0.2, -0.15) is 0 Å². The Morgan fingerprint density at radius 3 is 2.86 bits per heavy atom. The van der Waals surface area contributed by atoms with Crippen molar-refractivity contribution in [1.29, 1.82) is 0 Å². The first kappa shape index (κ1) is 18.4. The van der Waals surface area contributed by atoms with Crippen molar-refractivity contribution in [3.8, 4) is 0 Å². The third-order valence-corrected chi connectivity index (χ3v) is 8.00. The van der Waals surface area contributed by atoms with Crippen LogP contribution in [0.15, 0.2) is 22.2 Å². The predicted molar refractivity (Wildman–Crippen MR) is 117 cm³/mol. The fraction of sp³-hybridized carbons (Fsp3) is 0.609. The lowest BCUT2D eigenvalue weighted by atomic mass is 9.73. The van der Waals surface area contributed by atoms with E-state index in [-0.39, 0.29) is 0 Å². The molecule has 28 heavy (non-hydrogen) atoms. The summed E-state index contributed by atoms with van der Waals surface area (Å²) in [6.45, 7) is 10.8. The zero-order valence-corrected chi connectivity index (χ0v) is 18.1. The van der Waals surface area contributed by atoms with E-state index >= 15 is 0 Å². The summed E-state index contributed by atoms with van der Waals surface area (Å²) in [5.74, 6) is 1.61. The second-order valence-electron chi connectivity index (χ2n) is 9.58. The molecule has 3 aliphatic rings. The van der Waals surface area contributed by atoms with Crippen LogP contribution in [-0.4, -0.2) is 40.7 Å². The fourth-order valence-corrected chi connectivity index (χ4v) is 6.22. The maximum Gasteiger partial charge on any atom is 0.127 e. The van der Waals surface area contributed by atoms with E-state index in [2.05, 4.69) is 36.0 Å². The summed E-state index contributed by atoms with van der Waals surface area (Å²) < 4.78 is 0. The number of nitrogens with zero attached hydrogens (tertiary/aromatic N) is 4. The second kappa shape index (κ2) is 7.03. The van der Waals surface area contributed by atoms with E-state index in [4.69, 9.17) is 9.97 Å². The van der Waals surface area contributed by atoms with E-state index in [0.717, 1.165) is 38.4 Å². The molecule has 1 fully saturated rings. The third-order valence-electron chi connectivity index (χ3n) is 6.81. The molecule has 0 N–H and O–H groups in total. The molecule has 0 atom stereocenters. The highest BCUT2D eigenvalue weighted by molar-refractivity contribution is 7.18. The number of aryl methyl sites for hydroxylation is 1. The maximum absolute atomic E-state index is 4.87. The first-order valence-electron chi connectivity index (χ1n) is 10.7. The van der Waals surface area contributed by atoms with Crippen LogP contribution < -0.4 is 0 Å². The van der Waals surface area contributed by atoms with Crippen molar-refractivity contribution >= 4 is 27.8 Å². The first-order chi connectivity index (χ1) is 13.5. The van der Waals surface area contributed by atoms with Gasteiger partial charge in [0.05, 0.1) is 12.2 Å². The molecule has 0 bridgehead atoms. The van der Waals surface area contributed by atoms with Crippen LogP contribution in [0.4, 0.5) is 0 Å². The summed E-state index contributed by atoms with van der Waals surface area (Å²) in [5, 5.41) is 1.29. The lowest BCUT2D eigenvalue weighted by Crippen LogP contribution is -2.31. The van der Waals surface area contributed by atoms with E-state index in [9.17, 15) is 0 Å². The minimum Gasteiger partial charge on any atom is -0.293 e. The van der Waals surface area contributed by atoms with E-state index < -0.39 is 0 Å². The van der Waals surface area contributed by atoms with Crippen molar-refractivity contribution in [3.63, 3.8) is 0 Å². The minimum atomic E-state index is 0.514. The fourth-order valence-electron chi connectivity index (χ4n) is 4.95. The molecule has 4 nitrogen and oxygen atoms in total. The van der Waals surface area contributed by atoms with Crippen LogP contribution in [0.2, 0.25) is 0 Å². The molecule has 4 heterocycles. The molecule has 0 saturated heterocycles. The number of fused-ring (bicyclic) bond motifs is 1. The van der Waals surface area contributed by atoms with E-state index in [0.29, 0.717) is 11.3 Å². The molecular formula is C23H30N4S. The summed E-state index contributed by atoms with van der Waals surface area (Å²) in [6.07, 6.45) is 8.48. The number of rotatable bonds is 3. The Bertz CT molecular complexity index is 958. The summed E-state index contributed by atoms with van der Waals surface area (Å²) in [7, 11) is 0. The van der Waals surface area contributed by atoms with E-state index in [1.165, 1.54) is 57.6 Å². The van der Waals surface area contributed by atoms with Gasteiger partial charge in [-0.15, -0.1) is 11.3 Å². The highest BCUT2D eigenvalue weighted by Crippen LogP contribution is 2.45. The summed E-state index contributed by atoms with van der Waals surface area (Å²) in [6, 6.07) is 2.42. The van der Waals surface area contributed by atoms with Crippen LogP contribution in [0.3, 0.4) is 0 Å². The van der Waals surface area contributed by atoms with E-state index in [1.54, 1.807) is 0 Å². The van der Waals surface area contributed by atoms with Gasteiger partial charge >= 0.3 is 0 Å². The molecule has 1 saturated carbocycles. The van der Waals surface area contributed by atoms with Crippen molar-refractivity contribution < 1.29 is 0 Å². The Labute approximate surface area is 171 Å². The molecule has 0 amide bonds. The van der Waals surface area contributed by atoms with Gasteiger partial charge in [0.25, 0.3) is 0 Å². The SMILES string of the molecule is Cc1nc(CN2CCC3=C(CN=C3)C2)c2cc(C3CCC(C)(C)CC3)sc2n1. The molecule has 2 aliphatic heterocycles. The Balaban J connectivity index is 1.39. The van der Waals surface area contributed by atoms with Crippen LogP contribution >= 0.6 is 11.3 Å². The standard InChI is InChI=1S/C23H30N4S/c1-15-25-20(14-27-9-6-17-11-24-12-18(17)13-27)19-10-21(28-22(19)26-15)16-4-7-23(2,3)8-5-16/h10-11,16H,4-9,12-14H2,1-3H3.